The third-order valence-electron chi connectivity index (χ3n) is 2.98. The number of rotatable bonds is 7. The number of thiophene rings is 1. The molecule has 0 aliphatic rings. The van der Waals surface area contributed by atoms with Crippen molar-refractivity contribution in [2.24, 2.45) is 11.7 Å². The van der Waals surface area contributed by atoms with Gasteiger partial charge in [0.05, 0.1) is 0 Å². The van der Waals surface area contributed by atoms with Gasteiger partial charge in [-0.2, -0.15) is 0 Å². The molecule has 0 amide bonds. The summed E-state index contributed by atoms with van der Waals surface area (Å²) in [6.45, 7) is 4.53. The van der Waals surface area contributed by atoms with Gasteiger partial charge in [0, 0.05) is 10.9 Å². The lowest BCUT2D eigenvalue weighted by atomic mass is 9.96. The average molecular weight is 225 g/mol. The molecule has 0 bridgehead atoms. The Morgan fingerprint density at radius 2 is 2.27 bits per heavy atom. The Morgan fingerprint density at radius 3 is 2.87 bits per heavy atom. The van der Waals surface area contributed by atoms with Gasteiger partial charge < -0.3 is 5.73 Å². The Kier molecular flexibility index (Phi) is 5.96. The van der Waals surface area contributed by atoms with E-state index in [0.717, 1.165) is 5.92 Å². The van der Waals surface area contributed by atoms with E-state index in [1.165, 1.54) is 37.0 Å². The first-order valence-corrected chi connectivity index (χ1v) is 6.88. The van der Waals surface area contributed by atoms with Gasteiger partial charge in [0.15, 0.2) is 0 Å². The van der Waals surface area contributed by atoms with Crippen LogP contribution in [-0.2, 0) is 6.42 Å². The average Bonchev–Trinajstić information content (AvgIpc) is 2.70. The molecule has 2 unspecified atom stereocenters. The quantitative estimate of drug-likeness (QED) is 0.750. The van der Waals surface area contributed by atoms with Crippen LogP contribution in [0.2, 0.25) is 0 Å². The van der Waals surface area contributed by atoms with E-state index in [4.69, 9.17) is 5.73 Å². The molecule has 0 saturated carbocycles. The Bertz CT molecular complexity index is 243. The molecule has 15 heavy (non-hydrogen) atoms. The van der Waals surface area contributed by atoms with E-state index in [-0.39, 0.29) is 0 Å². The molecular weight excluding hydrogens is 202 g/mol. The molecule has 0 spiro atoms. The van der Waals surface area contributed by atoms with Gasteiger partial charge in [-0.3, -0.25) is 0 Å². The number of aryl methyl sites for hydroxylation is 1. The fourth-order valence-electron chi connectivity index (χ4n) is 1.79. The summed E-state index contributed by atoms with van der Waals surface area (Å²) in [5.74, 6) is 0.779. The molecule has 1 nitrogen and oxygen atoms in total. The highest BCUT2D eigenvalue weighted by molar-refractivity contribution is 7.09. The Morgan fingerprint density at radius 1 is 1.47 bits per heavy atom. The first-order valence-electron chi connectivity index (χ1n) is 6.00. The fraction of sp³-hybridized carbons (Fsp3) is 0.692. The molecule has 0 fully saturated rings. The second-order valence-electron chi connectivity index (χ2n) is 4.48. The van der Waals surface area contributed by atoms with E-state index in [2.05, 4.69) is 31.4 Å². The van der Waals surface area contributed by atoms with Crippen LogP contribution in [0.25, 0.3) is 0 Å². The Labute approximate surface area is 97.7 Å². The predicted molar refractivity (Wildman–Crippen MR) is 69.3 cm³/mol. The van der Waals surface area contributed by atoms with Crippen LogP contribution in [0.5, 0.6) is 0 Å². The van der Waals surface area contributed by atoms with Gasteiger partial charge in [0.1, 0.15) is 0 Å². The molecular formula is C13H23NS. The van der Waals surface area contributed by atoms with E-state index in [1.54, 1.807) is 0 Å². The lowest BCUT2D eigenvalue weighted by molar-refractivity contribution is 0.429. The van der Waals surface area contributed by atoms with Crippen LogP contribution in [0.15, 0.2) is 17.5 Å². The molecule has 2 N–H and O–H groups in total. The maximum Gasteiger partial charge on any atom is 0.00452 e. The molecule has 2 heteroatoms. The molecule has 1 aromatic heterocycles. The van der Waals surface area contributed by atoms with E-state index in [0.29, 0.717) is 6.04 Å². The summed E-state index contributed by atoms with van der Waals surface area (Å²) in [5, 5.41) is 2.15. The highest BCUT2D eigenvalue weighted by atomic mass is 32.1. The zero-order valence-corrected chi connectivity index (χ0v) is 10.7. The minimum atomic E-state index is 0.403. The van der Waals surface area contributed by atoms with Crippen LogP contribution in [0.4, 0.5) is 0 Å². The molecule has 0 saturated heterocycles. The van der Waals surface area contributed by atoms with Crippen molar-refractivity contribution < 1.29 is 0 Å². The van der Waals surface area contributed by atoms with Crippen molar-refractivity contribution in [3.05, 3.63) is 22.4 Å². The first kappa shape index (κ1) is 12.7. The van der Waals surface area contributed by atoms with Crippen LogP contribution in [0.3, 0.4) is 0 Å². The van der Waals surface area contributed by atoms with Crippen molar-refractivity contribution in [2.45, 2.75) is 52.0 Å². The summed E-state index contributed by atoms with van der Waals surface area (Å²) in [6, 6.07) is 4.74. The molecule has 0 aliphatic carbocycles. The topological polar surface area (TPSA) is 26.0 Å². The van der Waals surface area contributed by atoms with Crippen LogP contribution in [-0.4, -0.2) is 6.04 Å². The summed E-state index contributed by atoms with van der Waals surface area (Å²) in [5.41, 5.74) is 6.09. The molecule has 0 aliphatic heterocycles. The van der Waals surface area contributed by atoms with Crippen molar-refractivity contribution in [1.82, 2.24) is 0 Å². The fourth-order valence-corrected chi connectivity index (χ4v) is 2.55. The van der Waals surface area contributed by atoms with E-state index >= 15 is 0 Å². The second kappa shape index (κ2) is 7.02. The van der Waals surface area contributed by atoms with E-state index < -0.39 is 0 Å². The number of hydrogen-bond acceptors (Lipinski definition) is 2. The Balaban J connectivity index is 2.09. The largest absolute Gasteiger partial charge is 0.328 e. The highest BCUT2D eigenvalue weighted by Crippen LogP contribution is 2.15. The zero-order chi connectivity index (χ0) is 11.1. The SMILES string of the molecule is CCC(C)CC(N)CCCc1cccs1. The van der Waals surface area contributed by atoms with Gasteiger partial charge in [-0.1, -0.05) is 26.3 Å². The molecule has 2 atom stereocenters. The van der Waals surface area contributed by atoms with Crippen molar-refractivity contribution in [1.29, 1.82) is 0 Å². The second-order valence-corrected chi connectivity index (χ2v) is 5.51. The van der Waals surface area contributed by atoms with E-state index in [9.17, 15) is 0 Å². The lowest BCUT2D eigenvalue weighted by Gasteiger charge is -2.15. The van der Waals surface area contributed by atoms with Crippen molar-refractivity contribution in [3.8, 4) is 0 Å². The molecule has 1 aromatic rings. The normalized spacial score (nSPS) is 15.1. The van der Waals surface area contributed by atoms with Crippen molar-refractivity contribution in [3.63, 3.8) is 0 Å². The van der Waals surface area contributed by atoms with Crippen molar-refractivity contribution >= 4 is 11.3 Å². The molecule has 1 heterocycles. The summed E-state index contributed by atoms with van der Waals surface area (Å²) in [4.78, 5) is 1.49. The number of hydrogen-bond donors (Lipinski definition) is 1. The van der Waals surface area contributed by atoms with Crippen LogP contribution in [0, 0.1) is 5.92 Å². The van der Waals surface area contributed by atoms with Crippen LogP contribution < -0.4 is 5.73 Å². The van der Waals surface area contributed by atoms with E-state index in [1.807, 2.05) is 11.3 Å². The maximum atomic E-state index is 6.09. The summed E-state index contributed by atoms with van der Waals surface area (Å²) >= 11 is 1.85. The van der Waals surface area contributed by atoms with Gasteiger partial charge in [0.2, 0.25) is 0 Å². The number of nitrogens with two attached hydrogens (primary N) is 1. The molecule has 0 radical (unpaired) electrons. The summed E-state index contributed by atoms with van der Waals surface area (Å²) in [6.07, 6.45) is 6.03. The maximum absolute atomic E-state index is 6.09. The van der Waals surface area contributed by atoms with Crippen LogP contribution in [0.1, 0.15) is 44.4 Å². The Hall–Kier alpha value is -0.340. The monoisotopic (exact) mass is 225 g/mol. The highest BCUT2D eigenvalue weighted by Gasteiger charge is 2.07. The molecule has 1 rings (SSSR count). The van der Waals surface area contributed by atoms with Gasteiger partial charge in [-0.05, 0) is 43.0 Å². The standard InChI is InChI=1S/C13H23NS/c1-3-11(2)10-12(14)6-4-7-13-8-5-9-15-13/h5,8-9,11-12H,3-4,6-7,10,14H2,1-2H3. The molecule has 86 valence electrons. The zero-order valence-electron chi connectivity index (χ0n) is 9.91. The summed E-state index contributed by atoms with van der Waals surface area (Å²) < 4.78 is 0. The minimum absolute atomic E-state index is 0.403. The third kappa shape index (κ3) is 5.33. The van der Waals surface area contributed by atoms with Gasteiger partial charge in [-0.25, -0.2) is 0 Å². The third-order valence-corrected chi connectivity index (χ3v) is 3.92. The lowest BCUT2D eigenvalue weighted by Crippen LogP contribution is -2.22. The van der Waals surface area contributed by atoms with Crippen molar-refractivity contribution in [2.75, 3.05) is 0 Å². The van der Waals surface area contributed by atoms with Crippen LogP contribution >= 0.6 is 11.3 Å². The van der Waals surface area contributed by atoms with Gasteiger partial charge in [-0.15, -0.1) is 11.3 Å². The van der Waals surface area contributed by atoms with Gasteiger partial charge >= 0.3 is 0 Å². The smallest absolute Gasteiger partial charge is 0.00452 e. The minimum Gasteiger partial charge on any atom is -0.328 e. The van der Waals surface area contributed by atoms with Gasteiger partial charge in [0.25, 0.3) is 0 Å². The predicted octanol–water partition coefficient (Wildman–Crippen LogP) is 3.83. The first-order chi connectivity index (χ1) is 7.22. The molecule has 0 aromatic carbocycles. The summed E-state index contributed by atoms with van der Waals surface area (Å²) in [7, 11) is 0.